The molecule has 0 aliphatic rings. The monoisotopic (exact) mass is 516 g/mol. The first-order valence-corrected chi connectivity index (χ1v) is 12.4. The molecule has 1 atom stereocenters. The van der Waals surface area contributed by atoms with Crippen molar-refractivity contribution >= 4 is 38.6 Å². The molecule has 6 heteroatoms. The van der Waals surface area contributed by atoms with Gasteiger partial charge in [-0.25, -0.2) is 9.97 Å². The highest BCUT2D eigenvalue weighted by Crippen LogP contribution is 2.29. The maximum Gasteiger partial charge on any atom is 0.221 e. The van der Waals surface area contributed by atoms with E-state index in [2.05, 4.69) is 45.2 Å². The van der Waals surface area contributed by atoms with Gasteiger partial charge in [-0.05, 0) is 43.2 Å². The van der Waals surface area contributed by atoms with Crippen molar-refractivity contribution in [1.82, 2.24) is 15.3 Å². The van der Waals surface area contributed by atoms with Gasteiger partial charge in [0.25, 0.3) is 0 Å². The maximum atomic E-state index is 12.6. The van der Waals surface area contributed by atoms with Crippen molar-refractivity contribution in [2.45, 2.75) is 39.3 Å². The van der Waals surface area contributed by atoms with Crippen molar-refractivity contribution in [2.75, 3.05) is 11.4 Å². The number of carbonyl (C=O) groups is 1. The minimum atomic E-state index is 0.0537. The van der Waals surface area contributed by atoms with Crippen molar-refractivity contribution in [3.05, 3.63) is 88.9 Å². The van der Waals surface area contributed by atoms with Crippen LogP contribution >= 0.6 is 15.9 Å². The van der Waals surface area contributed by atoms with Crippen molar-refractivity contribution in [3.8, 4) is 11.4 Å². The molecule has 1 unspecified atom stereocenters. The molecule has 4 aromatic rings. The number of halogens is 1. The number of benzene rings is 3. The fraction of sp³-hybridized carbons (Fsp3) is 0.250. The highest BCUT2D eigenvalue weighted by molar-refractivity contribution is 9.10. The molecule has 3 aromatic carbocycles. The Hall–Kier alpha value is -3.25. The Morgan fingerprint density at radius 1 is 1.00 bits per heavy atom. The van der Waals surface area contributed by atoms with Gasteiger partial charge in [0.2, 0.25) is 5.91 Å². The number of hydrogen-bond acceptors (Lipinski definition) is 4. The summed E-state index contributed by atoms with van der Waals surface area (Å²) < 4.78 is 0.978. The van der Waals surface area contributed by atoms with E-state index in [1.54, 1.807) is 0 Å². The van der Waals surface area contributed by atoms with E-state index < -0.39 is 0 Å². The molecule has 34 heavy (non-hydrogen) atoms. The van der Waals surface area contributed by atoms with E-state index >= 15 is 0 Å². The molecule has 0 saturated heterocycles. The number of amides is 1. The molecule has 0 saturated carbocycles. The van der Waals surface area contributed by atoms with E-state index in [1.807, 2.05) is 73.7 Å². The minimum Gasteiger partial charge on any atom is -0.354 e. The van der Waals surface area contributed by atoms with E-state index in [4.69, 9.17) is 9.97 Å². The van der Waals surface area contributed by atoms with Crippen LogP contribution in [-0.4, -0.2) is 28.5 Å². The molecule has 1 heterocycles. The summed E-state index contributed by atoms with van der Waals surface area (Å²) in [6.45, 7) is 5.30. The molecule has 0 fully saturated rings. The molecule has 174 valence electrons. The number of para-hydroxylation sites is 1. The van der Waals surface area contributed by atoms with Crippen LogP contribution in [0, 0.1) is 0 Å². The first-order chi connectivity index (χ1) is 16.5. The predicted octanol–water partition coefficient (Wildman–Crippen LogP) is 6.37. The van der Waals surface area contributed by atoms with Crippen LogP contribution in [-0.2, 0) is 11.3 Å². The van der Waals surface area contributed by atoms with Crippen LogP contribution in [0.3, 0.4) is 0 Å². The second-order valence-electron chi connectivity index (χ2n) is 8.43. The molecule has 5 nitrogen and oxygen atoms in total. The summed E-state index contributed by atoms with van der Waals surface area (Å²) in [7, 11) is 0. The number of anilines is 1. The Kier molecular flexibility index (Phi) is 7.91. The van der Waals surface area contributed by atoms with Crippen molar-refractivity contribution in [1.29, 1.82) is 0 Å². The zero-order chi connectivity index (χ0) is 23.9. The average Bonchev–Trinajstić information content (AvgIpc) is 2.86. The molecule has 4 rings (SSSR count). The third-order valence-corrected chi connectivity index (χ3v) is 6.30. The number of fused-ring (bicyclic) bond motifs is 1. The van der Waals surface area contributed by atoms with Crippen LogP contribution in [0.1, 0.15) is 32.3 Å². The van der Waals surface area contributed by atoms with Crippen molar-refractivity contribution in [2.24, 2.45) is 0 Å². The predicted molar refractivity (Wildman–Crippen MR) is 143 cm³/mol. The molecule has 1 N–H and O–H groups in total. The molecule has 0 aliphatic carbocycles. The highest BCUT2D eigenvalue weighted by Gasteiger charge is 2.18. The Balaban J connectivity index is 1.75. The second-order valence-corrected chi connectivity index (χ2v) is 9.35. The average molecular weight is 517 g/mol. The van der Waals surface area contributed by atoms with Gasteiger partial charge in [0, 0.05) is 41.0 Å². The summed E-state index contributed by atoms with van der Waals surface area (Å²) in [5, 5.41) is 4.05. The van der Waals surface area contributed by atoms with Crippen LogP contribution in [0.5, 0.6) is 0 Å². The van der Waals surface area contributed by atoms with Crippen LogP contribution in [0.25, 0.3) is 22.3 Å². The molecular formula is C28H29BrN4O. The fourth-order valence-electron chi connectivity index (χ4n) is 3.81. The third-order valence-electron chi connectivity index (χ3n) is 5.81. The zero-order valence-electron chi connectivity index (χ0n) is 19.5. The van der Waals surface area contributed by atoms with Gasteiger partial charge in [0.05, 0.1) is 5.52 Å². The van der Waals surface area contributed by atoms with Crippen LogP contribution in [0.2, 0.25) is 0 Å². The molecule has 1 amide bonds. The number of hydrogen-bond donors (Lipinski definition) is 1. The summed E-state index contributed by atoms with van der Waals surface area (Å²) in [6, 6.07) is 26.5. The Morgan fingerprint density at radius 2 is 1.76 bits per heavy atom. The lowest BCUT2D eigenvalue weighted by molar-refractivity contribution is -0.121. The summed E-state index contributed by atoms with van der Waals surface area (Å²) in [5.41, 5.74) is 2.98. The van der Waals surface area contributed by atoms with Gasteiger partial charge < -0.3 is 10.2 Å². The van der Waals surface area contributed by atoms with Crippen LogP contribution in [0.15, 0.2) is 83.3 Å². The van der Waals surface area contributed by atoms with Crippen LogP contribution < -0.4 is 10.2 Å². The van der Waals surface area contributed by atoms with E-state index in [1.165, 1.54) is 0 Å². The van der Waals surface area contributed by atoms with Crippen molar-refractivity contribution < 1.29 is 4.79 Å². The second kappa shape index (κ2) is 11.3. The highest BCUT2D eigenvalue weighted by atomic mass is 79.9. The first kappa shape index (κ1) is 23.9. The van der Waals surface area contributed by atoms with E-state index in [-0.39, 0.29) is 11.9 Å². The number of aromatic nitrogens is 2. The lowest BCUT2D eigenvalue weighted by Gasteiger charge is -2.26. The Labute approximate surface area is 209 Å². The van der Waals surface area contributed by atoms with Crippen molar-refractivity contribution in [3.63, 3.8) is 0 Å². The maximum absolute atomic E-state index is 12.6. The zero-order valence-corrected chi connectivity index (χ0v) is 21.1. The topological polar surface area (TPSA) is 58.1 Å². The van der Waals surface area contributed by atoms with Crippen LogP contribution in [0.4, 0.5) is 5.82 Å². The minimum absolute atomic E-state index is 0.0537. The van der Waals surface area contributed by atoms with E-state index in [0.717, 1.165) is 38.7 Å². The first-order valence-electron chi connectivity index (χ1n) is 11.6. The standard InChI is InChI=1S/C28H29BrN4O/c1-3-20(2)30-26(34)16-17-33(19-21-10-5-4-6-11-21)28-24-14-7-8-15-25(24)31-27(32-28)22-12-9-13-23(29)18-22/h4-15,18,20H,3,16-17,19H2,1-2H3,(H,30,34). The van der Waals surface area contributed by atoms with Gasteiger partial charge in [-0.2, -0.15) is 0 Å². The van der Waals surface area contributed by atoms with E-state index in [0.29, 0.717) is 25.3 Å². The van der Waals surface area contributed by atoms with Gasteiger partial charge in [0.15, 0.2) is 5.82 Å². The molecule has 0 radical (unpaired) electrons. The molecule has 0 spiro atoms. The van der Waals surface area contributed by atoms with E-state index in [9.17, 15) is 4.79 Å². The molecular weight excluding hydrogens is 488 g/mol. The smallest absolute Gasteiger partial charge is 0.221 e. The summed E-state index contributed by atoms with van der Waals surface area (Å²) >= 11 is 3.56. The van der Waals surface area contributed by atoms with Gasteiger partial charge >= 0.3 is 0 Å². The normalized spacial score (nSPS) is 11.9. The number of rotatable bonds is 9. The number of carbonyl (C=O) groups excluding carboxylic acids is 1. The summed E-state index contributed by atoms with van der Waals surface area (Å²) in [5.74, 6) is 1.55. The number of nitrogens with zero attached hydrogens (tertiary/aromatic N) is 3. The van der Waals surface area contributed by atoms with Gasteiger partial charge in [-0.15, -0.1) is 0 Å². The summed E-state index contributed by atoms with van der Waals surface area (Å²) in [4.78, 5) is 24.7. The SMILES string of the molecule is CCC(C)NC(=O)CCN(Cc1ccccc1)c1nc(-c2cccc(Br)c2)nc2ccccc12. The fourth-order valence-corrected chi connectivity index (χ4v) is 4.21. The summed E-state index contributed by atoms with van der Waals surface area (Å²) in [6.07, 6.45) is 1.30. The molecule has 0 aliphatic heterocycles. The Morgan fingerprint density at radius 3 is 2.53 bits per heavy atom. The largest absolute Gasteiger partial charge is 0.354 e. The third kappa shape index (κ3) is 6.00. The lowest BCUT2D eigenvalue weighted by atomic mass is 10.1. The quantitative estimate of drug-likeness (QED) is 0.280. The van der Waals surface area contributed by atoms with Gasteiger partial charge in [-0.3, -0.25) is 4.79 Å². The van der Waals surface area contributed by atoms with Gasteiger partial charge in [0.1, 0.15) is 5.82 Å². The lowest BCUT2D eigenvalue weighted by Crippen LogP contribution is -2.35. The molecule has 1 aromatic heterocycles. The Bertz CT molecular complexity index is 1260. The number of nitrogens with one attached hydrogen (secondary N) is 1. The van der Waals surface area contributed by atoms with Gasteiger partial charge in [-0.1, -0.05) is 77.5 Å². The molecule has 0 bridgehead atoms.